The molecule has 0 unspecified atom stereocenters. The van der Waals surface area contributed by atoms with Gasteiger partial charge in [-0.1, -0.05) is 53.7 Å². The predicted molar refractivity (Wildman–Crippen MR) is 132 cm³/mol. The molecule has 2 aromatic carbocycles. The largest absolute Gasteiger partial charge is 0.360 e. The number of carbonyl (C=O) groups is 3. The number of hydrazine groups is 1. The van der Waals surface area contributed by atoms with Gasteiger partial charge in [0.05, 0.1) is 22.8 Å². The van der Waals surface area contributed by atoms with E-state index >= 15 is 0 Å². The minimum absolute atomic E-state index is 0.0274. The molecule has 0 aliphatic carbocycles. The molecule has 2 aromatic heterocycles. The first kappa shape index (κ1) is 23.8. The molecule has 10 nitrogen and oxygen atoms in total. The molecule has 0 fully saturated rings. The SMILES string of the molecule is Cc1cc(NC(=O)CSCC(=O)NNC(=O)c2cn(-c3ccccc3)nc2-c2ccccc2)no1. The van der Waals surface area contributed by atoms with E-state index in [9.17, 15) is 14.4 Å². The number of thioether (sulfide) groups is 1. The number of para-hydroxylation sites is 1. The second kappa shape index (κ2) is 11.2. The maximum Gasteiger partial charge on any atom is 0.273 e. The number of aromatic nitrogens is 3. The van der Waals surface area contributed by atoms with Gasteiger partial charge in [-0.2, -0.15) is 5.10 Å². The van der Waals surface area contributed by atoms with Crippen LogP contribution in [0.25, 0.3) is 16.9 Å². The second-order valence-electron chi connectivity index (χ2n) is 7.40. The van der Waals surface area contributed by atoms with Crippen LogP contribution in [-0.4, -0.2) is 44.2 Å². The summed E-state index contributed by atoms with van der Waals surface area (Å²) in [5, 5.41) is 10.8. The Hall–Kier alpha value is -4.38. The Morgan fingerprint density at radius 2 is 1.63 bits per heavy atom. The van der Waals surface area contributed by atoms with Crippen LogP contribution in [0.1, 0.15) is 16.1 Å². The van der Waals surface area contributed by atoms with E-state index in [0.29, 0.717) is 22.8 Å². The summed E-state index contributed by atoms with van der Waals surface area (Å²) in [4.78, 5) is 37.0. The smallest absolute Gasteiger partial charge is 0.273 e. The fourth-order valence-electron chi connectivity index (χ4n) is 3.13. The third kappa shape index (κ3) is 6.36. The van der Waals surface area contributed by atoms with Crippen LogP contribution in [0.5, 0.6) is 0 Å². The number of hydrogen-bond acceptors (Lipinski definition) is 7. The zero-order chi connectivity index (χ0) is 24.6. The van der Waals surface area contributed by atoms with E-state index in [-0.39, 0.29) is 17.4 Å². The number of benzene rings is 2. The number of nitrogens with zero attached hydrogens (tertiary/aromatic N) is 3. The molecular formula is C24H22N6O4S. The average Bonchev–Trinajstić information content (AvgIpc) is 3.50. The maximum absolute atomic E-state index is 12.9. The zero-order valence-corrected chi connectivity index (χ0v) is 19.5. The lowest BCUT2D eigenvalue weighted by Gasteiger charge is -2.07. The van der Waals surface area contributed by atoms with E-state index in [1.54, 1.807) is 23.9 Å². The van der Waals surface area contributed by atoms with Crippen molar-refractivity contribution >= 4 is 35.3 Å². The highest BCUT2D eigenvalue weighted by atomic mass is 32.2. The second-order valence-corrected chi connectivity index (χ2v) is 8.39. The van der Waals surface area contributed by atoms with Gasteiger partial charge < -0.3 is 9.84 Å². The fraction of sp³-hybridized carbons (Fsp3) is 0.125. The van der Waals surface area contributed by atoms with Crippen molar-refractivity contribution in [2.24, 2.45) is 0 Å². The van der Waals surface area contributed by atoms with Gasteiger partial charge in [-0.25, -0.2) is 4.68 Å². The molecule has 0 spiro atoms. The first-order chi connectivity index (χ1) is 17.0. The molecule has 11 heteroatoms. The van der Waals surface area contributed by atoms with Crippen LogP contribution in [0.3, 0.4) is 0 Å². The molecule has 0 aliphatic rings. The van der Waals surface area contributed by atoms with E-state index in [2.05, 4.69) is 26.4 Å². The number of anilines is 1. The highest BCUT2D eigenvalue weighted by Gasteiger charge is 2.19. The van der Waals surface area contributed by atoms with Crippen LogP contribution in [-0.2, 0) is 9.59 Å². The van der Waals surface area contributed by atoms with E-state index in [0.717, 1.165) is 23.0 Å². The van der Waals surface area contributed by atoms with Crippen molar-refractivity contribution < 1.29 is 18.9 Å². The summed E-state index contributed by atoms with van der Waals surface area (Å²) in [7, 11) is 0. The van der Waals surface area contributed by atoms with Gasteiger partial charge in [-0.05, 0) is 19.1 Å². The molecule has 35 heavy (non-hydrogen) atoms. The zero-order valence-electron chi connectivity index (χ0n) is 18.7. The summed E-state index contributed by atoms with van der Waals surface area (Å²) >= 11 is 1.09. The molecule has 4 rings (SSSR count). The fourth-order valence-corrected chi connectivity index (χ4v) is 3.75. The van der Waals surface area contributed by atoms with Crippen molar-refractivity contribution in [3.05, 3.63) is 84.3 Å². The van der Waals surface area contributed by atoms with E-state index in [4.69, 9.17) is 4.52 Å². The summed E-state index contributed by atoms with van der Waals surface area (Å²) < 4.78 is 6.50. The van der Waals surface area contributed by atoms with Crippen LogP contribution < -0.4 is 16.2 Å². The lowest BCUT2D eigenvalue weighted by Crippen LogP contribution is -2.42. The van der Waals surface area contributed by atoms with Gasteiger partial charge >= 0.3 is 0 Å². The van der Waals surface area contributed by atoms with Crippen LogP contribution >= 0.6 is 11.8 Å². The Labute approximate surface area is 205 Å². The van der Waals surface area contributed by atoms with Crippen molar-refractivity contribution in [3.63, 3.8) is 0 Å². The van der Waals surface area contributed by atoms with Crippen molar-refractivity contribution in [1.29, 1.82) is 0 Å². The monoisotopic (exact) mass is 490 g/mol. The normalized spacial score (nSPS) is 10.5. The third-order valence-corrected chi connectivity index (χ3v) is 5.64. The van der Waals surface area contributed by atoms with E-state index in [1.165, 1.54) is 0 Å². The van der Waals surface area contributed by atoms with Gasteiger partial charge in [-0.15, -0.1) is 11.8 Å². The van der Waals surface area contributed by atoms with Gasteiger partial charge in [0.2, 0.25) is 11.8 Å². The molecule has 4 aromatic rings. The number of rotatable bonds is 8. The third-order valence-electron chi connectivity index (χ3n) is 4.70. The molecular weight excluding hydrogens is 468 g/mol. The molecule has 178 valence electrons. The summed E-state index contributed by atoms with van der Waals surface area (Å²) in [6.45, 7) is 1.71. The quantitative estimate of drug-likeness (QED) is 0.324. The minimum Gasteiger partial charge on any atom is -0.360 e. The molecule has 0 radical (unpaired) electrons. The first-order valence-corrected chi connectivity index (χ1v) is 11.8. The molecule has 3 amide bonds. The lowest BCUT2D eigenvalue weighted by molar-refractivity contribution is -0.119. The standard InChI is InChI=1S/C24H22N6O4S/c1-16-12-20(29-34-16)25-21(31)14-35-15-22(32)26-27-24(33)19-13-30(18-10-6-3-7-11-18)28-23(19)17-8-4-2-5-9-17/h2-13H,14-15H2,1H3,(H,26,32)(H,27,33)(H,25,29,31). The summed E-state index contributed by atoms with van der Waals surface area (Å²) in [5.74, 6) is -0.382. The lowest BCUT2D eigenvalue weighted by atomic mass is 10.1. The molecule has 0 bridgehead atoms. The first-order valence-electron chi connectivity index (χ1n) is 10.6. The van der Waals surface area contributed by atoms with Crippen molar-refractivity contribution in [2.45, 2.75) is 6.92 Å². The number of amides is 3. The molecule has 0 atom stereocenters. The Kier molecular flexibility index (Phi) is 7.58. The summed E-state index contributed by atoms with van der Waals surface area (Å²) in [6.07, 6.45) is 1.61. The van der Waals surface area contributed by atoms with Gasteiger partial charge in [0.25, 0.3) is 5.91 Å². The van der Waals surface area contributed by atoms with Crippen molar-refractivity contribution in [3.8, 4) is 16.9 Å². The molecule has 0 aliphatic heterocycles. The van der Waals surface area contributed by atoms with Crippen molar-refractivity contribution in [2.75, 3.05) is 16.8 Å². The number of aryl methyl sites for hydroxylation is 1. The average molecular weight is 491 g/mol. The van der Waals surface area contributed by atoms with Gasteiger partial charge in [0, 0.05) is 17.8 Å². The van der Waals surface area contributed by atoms with Crippen LogP contribution in [0, 0.1) is 6.92 Å². The van der Waals surface area contributed by atoms with E-state index < -0.39 is 11.8 Å². The molecule has 2 heterocycles. The molecule has 0 saturated heterocycles. The predicted octanol–water partition coefficient (Wildman–Crippen LogP) is 2.97. The van der Waals surface area contributed by atoms with Crippen LogP contribution in [0.15, 0.2) is 77.4 Å². The number of nitrogens with one attached hydrogen (secondary N) is 3. The maximum atomic E-state index is 12.9. The number of carbonyl (C=O) groups excluding carboxylic acids is 3. The summed E-state index contributed by atoms with van der Waals surface area (Å²) in [5.41, 5.74) is 7.15. The van der Waals surface area contributed by atoms with Gasteiger partial charge in [-0.3, -0.25) is 25.2 Å². The Balaban J connectivity index is 1.34. The topological polar surface area (TPSA) is 131 Å². The van der Waals surface area contributed by atoms with Crippen molar-refractivity contribution in [1.82, 2.24) is 25.8 Å². The Morgan fingerprint density at radius 3 is 2.31 bits per heavy atom. The Morgan fingerprint density at radius 1 is 0.943 bits per heavy atom. The molecule has 3 N–H and O–H groups in total. The highest BCUT2D eigenvalue weighted by molar-refractivity contribution is 8.00. The number of hydrogen-bond donors (Lipinski definition) is 3. The van der Waals surface area contributed by atoms with Crippen LogP contribution in [0.2, 0.25) is 0 Å². The van der Waals surface area contributed by atoms with Gasteiger partial charge in [0.1, 0.15) is 11.5 Å². The van der Waals surface area contributed by atoms with Crippen LogP contribution in [0.4, 0.5) is 5.82 Å². The van der Waals surface area contributed by atoms with E-state index in [1.807, 2.05) is 60.7 Å². The minimum atomic E-state index is -0.511. The Bertz CT molecular complexity index is 1320. The highest BCUT2D eigenvalue weighted by Crippen LogP contribution is 2.23. The molecule has 0 saturated carbocycles. The summed E-state index contributed by atoms with van der Waals surface area (Å²) in [6, 6.07) is 20.3. The van der Waals surface area contributed by atoms with Gasteiger partial charge in [0.15, 0.2) is 5.82 Å².